The zero-order chi connectivity index (χ0) is 17.9. The van der Waals surface area contributed by atoms with Gasteiger partial charge in [0.05, 0.1) is 28.4 Å². The lowest BCUT2D eigenvalue weighted by atomic mass is 10.1. The van der Waals surface area contributed by atoms with Crippen LogP contribution >= 0.6 is 35.3 Å². The standard InChI is InChI=1S/C14H13ClF3N3O2S.ClH/c1-23-10-5-9(19)8(15)4-7(10)13(22)20-3-2-12-21-11(6-24-12)14(16,17)18;/h4-6H,2-3,19H2,1H3,(H,20,22);1H. The Balaban J connectivity index is 0.00000312. The van der Waals surface area contributed by atoms with E-state index in [1.807, 2.05) is 0 Å². The molecule has 5 nitrogen and oxygen atoms in total. The SMILES string of the molecule is COc1cc(N)c(Cl)cc1C(=O)NCCc1nc(C(F)(F)F)cs1.Cl. The fraction of sp³-hybridized carbons (Fsp3) is 0.286. The van der Waals surface area contributed by atoms with E-state index in [0.717, 1.165) is 16.7 Å². The van der Waals surface area contributed by atoms with Crippen molar-refractivity contribution in [1.29, 1.82) is 0 Å². The third-order valence-electron chi connectivity index (χ3n) is 3.03. The second kappa shape index (κ2) is 8.59. The largest absolute Gasteiger partial charge is 0.496 e. The molecule has 1 amide bonds. The maximum absolute atomic E-state index is 12.5. The van der Waals surface area contributed by atoms with Crippen LogP contribution in [0.3, 0.4) is 0 Å². The molecule has 1 aromatic heterocycles. The van der Waals surface area contributed by atoms with Gasteiger partial charge in [-0.05, 0) is 6.07 Å². The highest BCUT2D eigenvalue weighted by atomic mass is 35.5. The van der Waals surface area contributed by atoms with Gasteiger partial charge in [-0.15, -0.1) is 23.7 Å². The van der Waals surface area contributed by atoms with Crippen molar-refractivity contribution in [3.63, 3.8) is 0 Å². The topological polar surface area (TPSA) is 77.2 Å². The number of carbonyl (C=O) groups is 1. The van der Waals surface area contributed by atoms with Gasteiger partial charge in [-0.3, -0.25) is 4.79 Å². The van der Waals surface area contributed by atoms with Crippen LogP contribution in [0.1, 0.15) is 21.1 Å². The number of nitrogen functional groups attached to an aromatic ring is 1. The van der Waals surface area contributed by atoms with Crippen molar-refractivity contribution >= 4 is 46.9 Å². The first-order chi connectivity index (χ1) is 11.2. The van der Waals surface area contributed by atoms with Crippen LogP contribution in [0.2, 0.25) is 5.02 Å². The third-order valence-corrected chi connectivity index (χ3v) is 4.27. The van der Waals surface area contributed by atoms with Crippen molar-refractivity contribution in [2.45, 2.75) is 12.6 Å². The summed E-state index contributed by atoms with van der Waals surface area (Å²) in [5.74, 6) is -0.218. The number of nitrogens with zero attached hydrogens (tertiary/aromatic N) is 1. The number of anilines is 1. The van der Waals surface area contributed by atoms with Crippen LogP contribution in [0, 0.1) is 0 Å². The Kier molecular flexibility index (Phi) is 7.33. The predicted molar refractivity (Wildman–Crippen MR) is 92.8 cm³/mol. The molecule has 0 aliphatic carbocycles. The zero-order valence-electron chi connectivity index (χ0n) is 12.8. The quantitative estimate of drug-likeness (QED) is 0.727. The van der Waals surface area contributed by atoms with E-state index in [1.54, 1.807) is 0 Å². The number of aromatic nitrogens is 1. The molecule has 11 heteroatoms. The Morgan fingerprint density at radius 1 is 1.44 bits per heavy atom. The number of ether oxygens (including phenoxy) is 1. The first kappa shape index (κ1) is 21.3. The summed E-state index contributed by atoms with van der Waals surface area (Å²) in [4.78, 5) is 15.6. The second-order valence-corrected chi connectivity index (χ2v) is 6.05. The monoisotopic (exact) mass is 415 g/mol. The fourth-order valence-corrected chi connectivity index (χ4v) is 2.82. The van der Waals surface area contributed by atoms with E-state index in [9.17, 15) is 18.0 Å². The molecular weight excluding hydrogens is 402 g/mol. The molecule has 2 aromatic rings. The maximum Gasteiger partial charge on any atom is 0.434 e. The summed E-state index contributed by atoms with van der Waals surface area (Å²) in [5.41, 5.74) is 5.16. The molecule has 25 heavy (non-hydrogen) atoms. The highest BCUT2D eigenvalue weighted by molar-refractivity contribution is 7.09. The number of hydrogen-bond acceptors (Lipinski definition) is 5. The average Bonchev–Trinajstić information content (AvgIpc) is 2.98. The molecule has 2 rings (SSSR count). The number of hydrogen-bond donors (Lipinski definition) is 2. The van der Waals surface area contributed by atoms with E-state index in [0.29, 0.717) is 0 Å². The summed E-state index contributed by atoms with van der Waals surface area (Å²) < 4.78 is 42.5. The number of alkyl halides is 3. The molecule has 0 aliphatic rings. The van der Waals surface area contributed by atoms with Gasteiger partial charge in [0.15, 0.2) is 5.69 Å². The number of rotatable bonds is 5. The van der Waals surface area contributed by atoms with Gasteiger partial charge in [-0.2, -0.15) is 13.2 Å². The van der Waals surface area contributed by atoms with Gasteiger partial charge >= 0.3 is 6.18 Å². The van der Waals surface area contributed by atoms with Crippen molar-refractivity contribution in [3.8, 4) is 5.75 Å². The second-order valence-electron chi connectivity index (χ2n) is 4.70. The Hall–Kier alpha value is -1.71. The lowest BCUT2D eigenvalue weighted by Crippen LogP contribution is -2.26. The Labute approximate surface area is 156 Å². The number of nitrogens with two attached hydrogens (primary N) is 1. The van der Waals surface area contributed by atoms with E-state index in [2.05, 4.69) is 10.3 Å². The minimum Gasteiger partial charge on any atom is -0.496 e. The van der Waals surface area contributed by atoms with E-state index < -0.39 is 17.8 Å². The molecule has 0 spiro atoms. The number of benzene rings is 1. The van der Waals surface area contributed by atoms with Gasteiger partial charge in [-0.1, -0.05) is 11.6 Å². The number of thiazole rings is 1. The smallest absolute Gasteiger partial charge is 0.434 e. The molecule has 0 saturated carbocycles. The van der Waals surface area contributed by atoms with Crippen molar-refractivity contribution < 1.29 is 22.7 Å². The molecule has 0 radical (unpaired) electrons. The van der Waals surface area contributed by atoms with Crippen LogP contribution in [0.5, 0.6) is 5.75 Å². The molecule has 1 heterocycles. The summed E-state index contributed by atoms with van der Waals surface area (Å²) in [7, 11) is 1.38. The molecule has 1 aromatic carbocycles. The Bertz CT molecular complexity index is 753. The first-order valence-electron chi connectivity index (χ1n) is 6.65. The van der Waals surface area contributed by atoms with Gasteiger partial charge in [0.2, 0.25) is 0 Å². The van der Waals surface area contributed by atoms with Gasteiger partial charge in [0, 0.05) is 24.4 Å². The van der Waals surface area contributed by atoms with Crippen molar-refractivity contribution in [2.75, 3.05) is 19.4 Å². The molecule has 0 atom stereocenters. The highest BCUT2D eigenvalue weighted by Gasteiger charge is 2.33. The molecule has 0 unspecified atom stereocenters. The van der Waals surface area contributed by atoms with Gasteiger partial charge in [0.1, 0.15) is 5.75 Å². The molecule has 0 aliphatic heterocycles. The van der Waals surface area contributed by atoms with Crippen LogP contribution < -0.4 is 15.8 Å². The van der Waals surface area contributed by atoms with Crippen molar-refractivity contribution in [3.05, 3.63) is 38.8 Å². The average molecular weight is 416 g/mol. The summed E-state index contributed by atoms with van der Waals surface area (Å²) in [5, 5.41) is 4.01. The van der Waals surface area contributed by atoms with Crippen molar-refractivity contribution in [2.24, 2.45) is 0 Å². The number of nitrogens with one attached hydrogen (secondary N) is 1. The van der Waals surface area contributed by atoms with Crippen LogP contribution in [0.25, 0.3) is 0 Å². The molecule has 0 bridgehead atoms. The first-order valence-corrected chi connectivity index (χ1v) is 7.91. The van der Waals surface area contributed by atoms with Crippen molar-refractivity contribution in [1.82, 2.24) is 10.3 Å². The van der Waals surface area contributed by atoms with E-state index in [4.69, 9.17) is 22.1 Å². The number of halogens is 5. The number of methoxy groups -OCH3 is 1. The molecule has 0 fully saturated rings. The minimum absolute atomic E-state index is 0. The van der Waals surface area contributed by atoms with Crippen LogP contribution in [0.4, 0.5) is 18.9 Å². The maximum atomic E-state index is 12.5. The van der Waals surface area contributed by atoms with Gasteiger partial charge in [0.25, 0.3) is 5.91 Å². The van der Waals surface area contributed by atoms with Gasteiger partial charge in [-0.25, -0.2) is 4.98 Å². The Morgan fingerprint density at radius 2 is 2.12 bits per heavy atom. The predicted octanol–water partition coefficient (Wildman–Crippen LogP) is 3.80. The normalized spacial score (nSPS) is 10.9. The minimum atomic E-state index is -4.47. The van der Waals surface area contributed by atoms with Crippen LogP contribution in [0.15, 0.2) is 17.5 Å². The lowest BCUT2D eigenvalue weighted by molar-refractivity contribution is -0.140. The van der Waals surface area contributed by atoms with E-state index in [1.165, 1.54) is 19.2 Å². The van der Waals surface area contributed by atoms with E-state index in [-0.39, 0.29) is 52.4 Å². The number of carbonyl (C=O) groups excluding carboxylic acids is 1. The molecule has 3 N–H and O–H groups in total. The molecule has 138 valence electrons. The zero-order valence-corrected chi connectivity index (χ0v) is 15.2. The van der Waals surface area contributed by atoms with Crippen LogP contribution in [-0.2, 0) is 12.6 Å². The summed E-state index contributed by atoms with van der Waals surface area (Å²) in [6, 6.07) is 2.80. The van der Waals surface area contributed by atoms with Gasteiger partial charge < -0.3 is 15.8 Å². The summed E-state index contributed by atoms with van der Waals surface area (Å²) >= 11 is 6.78. The third kappa shape index (κ3) is 5.38. The molecular formula is C14H14Cl2F3N3O2S. The lowest BCUT2D eigenvalue weighted by Gasteiger charge is -2.11. The molecule has 0 saturated heterocycles. The Morgan fingerprint density at radius 3 is 2.68 bits per heavy atom. The van der Waals surface area contributed by atoms with E-state index >= 15 is 0 Å². The fourth-order valence-electron chi connectivity index (χ4n) is 1.85. The highest BCUT2D eigenvalue weighted by Crippen LogP contribution is 2.30. The summed E-state index contributed by atoms with van der Waals surface area (Å²) in [6.07, 6.45) is -4.29. The number of amides is 1. The van der Waals surface area contributed by atoms with Crippen LogP contribution in [-0.4, -0.2) is 24.5 Å². The summed E-state index contributed by atoms with van der Waals surface area (Å²) in [6.45, 7) is 0.120.